The highest BCUT2D eigenvalue weighted by Gasteiger charge is 2.33. The second-order valence-electron chi connectivity index (χ2n) is 7.83. The second kappa shape index (κ2) is 10.7. The number of pyridine rings is 1. The number of aromatic nitrogens is 1. The Labute approximate surface area is 196 Å². The molecule has 1 unspecified atom stereocenters. The van der Waals surface area contributed by atoms with Gasteiger partial charge in [0.1, 0.15) is 5.82 Å². The monoisotopic (exact) mass is 562 g/mol. The van der Waals surface area contributed by atoms with E-state index in [-0.39, 0.29) is 53.0 Å². The minimum atomic E-state index is -4.48. The van der Waals surface area contributed by atoms with Crippen LogP contribution in [0.3, 0.4) is 0 Å². The third kappa shape index (κ3) is 7.97. The van der Waals surface area contributed by atoms with Gasteiger partial charge in [-0.1, -0.05) is 11.6 Å². The van der Waals surface area contributed by atoms with Gasteiger partial charge in [-0.05, 0) is 33.3 Å². The van der Waals surface area contributed by atoms with Gasteiger partial charge in [0, 0.05) is 37.9 Å². The Bertz CT molecular complexity index is 769. The number of amides is 1. The maximum absolute atomic E-state index is 12.8. The van der Waals surface area contributed by atoms with Gasteiger partial charge in [0.25, 0.3) is 0 Å². The van der Waals surface area contributed by atoms with Gasteiger partial charge in [0.2, 0.25) is 5.91 Å². The number of alkyl halides is 3. The van der Waals surface area contributed by atoms with Crippen LogP contribution in [0.4, 0.5) is 19.0 Å². The minimum Gasteiger partial charge on any atom is -0.353 e. The van der Waals surface area contributed by atoms with Crippen LogP contribution in [-0.4, -0.2) is 55.1 Å². The number of rotatable bonds is 4. The van der Waals surface area contributed by atoms with Crippen molar-refractivity contribution in [3.63, 3.8) is 0 Å². The lowest BCUT2D eigenvalue weighted by atomic mass is 10.1. The first kappa shape index (κ1) is 26.5. The van der Waals surface area contributed by atoms with Crippen LogP contribution >= 0.6 is 35.6 Å². The van der Waals surface area contributed by atoms with Crippen LogP contribution in [-0.2, 0) is 11.0 Å². The molecule has 7 nitrogen and oxygen atoms in total. The number of guanidine groups is 1. The zero-order valence-corrected chi connectivity index (χ0v) is 20.3. The first-order chi connectivity index (χ1) is 13.4. The van der Waals surface area contributed by atoms with Crippen LogP contribution in [0.1, 0.15) is 32.8 Å². The van der Waals surface area contributed by atoms with E-state index < -0.39 is 11.7 Å². The van der Waals surface area contributed by atoms with Crippen molar-refractivity contribution < 1.29 is 18.0 Å². The molecule has 0 spiro atoms. The van der Waals surface area contributed by atoms with Crippen molar-refractivity contribution in [2.24, 2.45) is 4.99 Å². The van der Waals surface area contributed by atoms with Crippen LogP contribution in [0, 0.1) is 0 Å². The topological polar surface area (TPSA) is 81.6 Å². The SMILES string of the molecule is CN=C(NCC(=O)NC(C)(C)C)NC1CCN(c2ncc(C(F)(F)F)cc2Cl)C1.I. The highest BCUT2D eigenvalue weighted by atomic mass is 127. The third-order valence-corrected chi connectivity index (χ3v) is 4.41. The van der Waals surface area contributed by atoms with Crippen LogP contribution in [0.2, 0.25) is 5.02 Å². The fourth-order valence-corrected chi connectivity index (χ4v) is 3.19. The molecule has 1 amide bonds. The van der Waals surface area contributed by atoms with Gasteiger partial charge in [-0.15, -0.1) is 24.0 Å². The standard InChI is InChI=1S/C18H26ClF3N6O.HI/c1-17(2,3)27-14(29)9-25-16(23-4)26-12-5-6-28(10-12)15-13(19)7-11(8-24-15)18(20,21)22;/h7-8,12H,5-6,9-10H2,1-4H3,(H,27,29)(H2,23,25,26);1H. The molecule has 0 bridgehead atoms. The number of hydrogen-bond acceptors (Lipinski definition) is 4. The van der Waals surface area contributed by atoms with E-state index in [1.54, 1.807) is 7.05 Å². The molecule has 30 heavy (non-hydrogen) atoms. The summed E-state index contributed by atoms with van der Waals surface area (Å²) in [5.74, 6) is 0.623. The first-order valence-corrected chi connectivity index (χ1v) is 9.53. The van der Waals surface area contributed by atoms with E-state index in [1.807, 2.05) is 25.7 Å². The molecular weight excluding hydrogens is 536 g/mol. The zero-order valence-electron chi connectivity index (χ0n) is 17.2. The second-order valence-corrected chi connectivity index (χ2v) is 8.23. The van der Waals surface area contributed by atoms with Crippen molar-refractivity contribution in [1.29, 1.82) is 0 Å². The van der Waals surface area contributed by atoms with E-state index in [2.05, 4.69) is 25.9 Å². The largest absolute Gasteiger partial charge is 0.417 e. The van der Waals surface area contributed by atoms with E-state index >= 15 is 0 Å². The van der Waals surface area contributed by atoms with E-state index in [4.69, 9.17) is 11.6 Å². The van der Waals surface area contributed by atoms with Gasteiger partial charge < -0.3 is 20.9 Å². The molecule has 0 radical (unpaired) electrons. The lowest BCUT2D eigenvalue weighted by Crippen LogP contribution is -2.50. The smallest absolute Gasteiger partial charge is 0.353 e. The summed E-state index contributed by atoms with van der Waals surface area (Å²) in [7, 11) is 1.60. The lowest BCUT2D eigenvalue weighted by molar-refractivity contribution is -0.137. The molecule has 1 aliphatic rings. The molecule has 12 heteroatoms. The van der Waals surface area contributed by atoms with Crippen molar-refractivity contribution >= 4 is 53.3 Å². The summed E-state index contributed by atoms with van der Waals surface area (Å²) >= 11 is 6.03. The molecule has 1 fully saturated rings. The molecule has 0 aliphatic carbocycles. The van der Waals surface area contributed by atoms with Crippen molar-refractivity contribution in [2.45, 2.75) is 44.9 Å². The number of halogens is 5. The quantitative estimate of drug-likeness (QED) is 0.299. The highest BCUT2D eigenvalue weighted by molar-refractivity contribution is 14.0. The van der Waals surface area contributed by atoms with E-state index in [0.717, 1.165) is 12.3 Å². The number of nitrogens with one attached hydrogen (secondary N) is 3. The molecule has 3 N–H and O–H groups in total. The van der Waals surface area contributed by atoms with Gasteiger partial charge >= 0.3 is 6.18 Å². The Morgan fingerprint density at radius 1 is 1.37 bits per heavy atom. The van der Waals surface area contributed by atoms with Crippen molar-refractivity contribution in [3.05, 3.63) is 22.8 Å². The van der Waals surface area contributed by atoms with Crippen molar-refractivity contribution in [1.82, 2.24) is 20.9 Å². The number of aliphatic imine (C=N–C) groups is 1. The van der Waals surface area contributed by atoms with Gasteiger partial charge in [0.15, 0.2) is 5.96 Å². The number of anilines is 1. The van der Waals surface area contributed by atoms with Crippen LogP contribution in [0.5, 0.6) is 0 Å². The molecule has 0 saturated carbocycles. The Balaban J connectivity index is 0.00000450. The molecular formula is C18H27ClF3IN6O. The average molecular weight is 563 g/mol. The summed E-state index contributed by atoms with van der Waals surface area (Å²) in [6.45, 7) is 6.83. The first-order valence-electron chi connectivity index (χ1n) is 9.15. The predicted molar refractivity (Wildman–Crippen MR) is 123 cm³/mol. The Hall–Kier alpha value is -1.50. The van der Waals surface area contributed by atoms with Crippen LogP contribution in [0.15, 0.2) is 17.3 Å². The Morgan fingerprint density at radius 2 is 2.03 bits per heavy atom. The van der Waals surface area contributed by atoms with Gasteiger partial charge in [-0.3, -0.25) is 9.79 Å². The maximum atomic E-state index is 12.8. The van der Waals surface area contributed by atoms with E-state index in [1.165, 1.54) is 0 Å². The normalized spacial score (nSPS) is 17.4. The fourth-order valence-electron chi connectivity index (χ4n) is 2.90. The molecule has 1 saturated heterocycles. The zero-order chi connectivity index (χ0) is 21.8. The summed E-state index contributed by atoms with van der Waals surface area (Å²) in [6.07, 6.45) is -2.98. The lowest BCUT2D eigenvalue weighted by Gasteiger charge is -2.22. The summed E-state index contributed by atoms with van der Waals surface area (Å²) in [5.41, 5.74) is -1.20. The Kier molecular flexibility index (Phi) is 9.46. The van der Waals surface area contributed by atoms with Gasteiger partial charge in [-0.25, -0.2) is 4.98 Å². The third-order valence-electron chi connectivity index (χ3n) is 4.13. The minimum absolute atomic E-state index is 0. The molecule has 2 heterocycles. The maximum Gasteiger partial charge on any atom is 0.417 e. The summed E-state index contributed by atoms with van der Waals surface area (Å²) in [6, 6.07) is 0.867. The molecule has 170 valence electrons. The average Bonchev–Trinajstić information content (AvgIpc) is 3.04. The number of carbonyl (C=O) groups is 1. The van der Waals surface area contributed by atoms with Crippen molar-refractivity contribution in [3.8, 4) is 0 Å². The molecule has 1 aromatic heterocycles. The Morgan fingerprint density at radius 3 is 2.57 bits per heavy atom. The molecule has 0 aromatic carbocycles. The van der Waals surface area contributed by atoms with E-state index in [0.29, 0.717) is 31.3 Å². The molecule has 1 aromatic rings. The number of hydrogen-bond donors (Lipinski definition) is 3. The van der Waals surface area contributed by atoms with Gasteiger partial charge in [0.05, 0.1) is 17.1 Å². The van der Waals surface area contributed by atoms with Crippen LogP contribution < -0.4 is 20.9 Å². The summed E-state index contributed by atoms with van der Waals surface area (Å²) in [5, 5.41) is 8.96. The summed E-state index contributed by atoms with van der Waals surface area (Å²) < 4.78 is 38.3. The predicted octanol–water partition coefficient (Wildman–Crippen LogP) is 3.03. The van der Waals surface area contributed by atoms with Crippen LogP contribution in [0.25, 0.3) is 0 Å². The van der Waals surface area contributed by atoms with Gasteiger partial charge in [-0.2, -0.15) is 13.2 Å². The number of nitrogens with zero attached hydrogens (tertiary/aromatic N) is 3. The molecule has 1 aliphatic heterocycles. The molecule has 1 atom stereocenters. The molecule has 2 rings (SSSR count). The van der Waals surface area contributed by atoms with E-state index in [9.17, 15) is 18.0 Å². The summed E-state index contributed by atoms with van der Waals surface area (Å²) in [4.78, 5) is 21.7. The van der Waals surface area contributed by atoms with Crippen molar-refractivity contribution in [2.75, 3.05) is 31.6 Å². The number of carbonyl (C=O) groups excluding carboxylic acids is 1. The highest BCUT2D eigenvalue weighted by Crippen LogP contribution is 2.34. The fraction of sp³-hybridized carbons (Fsp3) is 0.611.